The van der Waals surface area contributed by atoms with Crippen LogP contribution in [0.1, 0.15) is 46.5 Å². The zero-order valence-electron chi connectivity index (χ0n) is 14.1. The zero-order valence-corrected chi connectivity index (χ0v) is 14.1. The largest absolute Gasteiger partial charge is 0.395 e. The highest BCUT2D eigenvalue weighted by Crippen LogP contribution is 2.40. The van der Waals surface area contributed by atoms with Crippen molar-refractivity contribution < 1.29 is 20.4 Å². The number of hydrogen-bond acceptors (Lipinski definition) is 5. The minimum absolute atomic E-state index is 0.192. The molecule has 130 valence electrons. The molecule has 2 aliphatic rings. The van der Waals surface area contributed by atoms with E-state index in [9.17, 15) is 20.4 Å². The van der Waals surface area contributed by atoms with E-state index in [0.717, 1.165) is 25.3 Å². The van der Waals surface area contributed by atoms with E-state index in [1.54, 1.807) is 0 Å². The second kappa shape index (κ2) is 7.14. The van der Waals surface area contributed by atoms with Crippen molar-refractivity contribution in [2.45, 2.75) is 70.8 Å². The molecule has 2 rings (SSSR count). The van der Waals surface area contributed by atoms with Gasteiger partial charge in [0.05, 0.1) is 18.8 Å². The molecule has 0 aromatic heterocycles. The molecule has 5 heteroatoms. The molecule has 1 aliphatic carbocycles. The molecule has 1 saturated heterocycles. The van der Waals surface area contributed by atoms with Gasteiger partial charge in [0.25, 0.3) is 0 Å². The van der Waals surface area contributed by atoms with Crippen LogP contribution in [0.15, 0.2) is 0 Å². The minimum atomic E-state index is -1.16. The van der Waals surface area contributed by atoms with Gasteiger partial charge in [0.1, 0.15) is 12.2 Å². The van der Waals surface area contributed by atoms with Gasteiger partial charge in [-0.2, -0.15) is 0 Å². The Morgan fingerprint density at radius 3 is 2.05 bits per heavy atom. The number of nitrogens with zero attached hydrogens (tertiary/aromatic N) is 1. The van der Waals surface area contributed by atoms with Gasteiger partial charge in [-0.1, -0.05) is 20.8 Å². The Morgan fingerprint density at radius 1 is 0.955 bits per heavy atom. The van der Waals surface area contributed by atoms with Crippen LogP contribution < -0.4 is 0 Å². The Balaban J connectivity index is 1.90. The van der Waals surface area contributed by atoms with E-state index in [1.807, 2.05) is 4.90 Å². The highest BCUT2D eigenvalue weighted by Gasteiger charge is 2.42. The summed E-state index contributed by atoms with van der Waals surface area (Å²) in [7, 11) is 0. The number of rotatable bonds is 3. The Kier molecular flexibility index (Phi) is 5.89. The fraction of sp³-hybridized carbons (Fsp3) is 1.00. The predicted octanol–water partition coefficient (Wildman–Crippen LogP) is 0.598. The first-order chi connectivity index (χ1) is 10.2. The number of aliphatic hydroxyl groups is 4. The van der Waals surface area contributed by atoms with Gasteiger partial charge >= 0.3 is 0 Å². The highest BCUT2D eigenvalue weighted by atomic mass is 16.4. The van der Waals surface area contributed by atoms with Crippen molar-refractivity contribution in [1.29, 1.82) is 0 Å². The van der Waals surface area contributed by atoms with Crippen molar-refractivity contribution >= 4 is 0 Å². The molecule has 22 heavy (non-hydrogen) atoms. The van der Waals surface area contributed by atoms with Gasteiger partial charge in [-0.15, -0.1) is 0 Å². The number of β-amino-alcohol motifs (C(OH)–C–C–N with tert-alkyl or cyclic N) is 1. The molecule has 0 unspecified atom stereocenters. The second-order valence-electron chi connectivity index (χ2n) is 8.34. The first kappa shape index (κ1) is 18.1. The Hall–Kier alpha value is -0.200. The van der Waals surface area contributed by atoms with Gasteiger partial charge in [0.2, 0.25) is 0 Å². The Bertz CT molecular complexity index is 349. The minimum Gasteiger partial charge on any atom is -0.395 e. The maximum atomic E-state index is 10.0. The van der Waals surface area contributed by atoms with E-state index in [1.165, 1.54) is 12.8 Å². The van der Waals surface area contributed by atoms with E-state index in [4.69, 9.17) is 0 Å². The third-order valence-electron chi connectivity index (χ3n) is 5.78. The van der Waals surface area contributed by atoms with Crippen molar-refractivity contribution in [3.63, 3.8) is 0 Å². The third kappa shape index (κ3) is 4.01. The summed E-state index contributed by atoms with van der Waals surface area (Å²) < 4.78 is 0. The molecule has 0 aromatic carbocycles. The maximum absolute atomic E-state index is 10.0. The monoisotopic (exact) mass is 315 g/mol. The molecule has 0 bridgehead atoms. The van der Waals surface area contributed by atoms with Gasteiger partial charge in [-0.25, -0.2) is 0 Å². The summed E-state index contributed by atoms with van der Waals surface area (Å²) in [5.41, 5.74) is 0.361. The van der Waals surface area contributed by atoms with Crippen molar-refractivity contribution in [3.05, 3.63) is 0 Å². The summed E-state index contributed by atoms with van der Waals surface area (Å²) in [6.45, 7) is 7.82. The smallest absolute Gasteiger partial charge is 0.109 e. The van der Waals surface area contributed by atoms with Gasteiger partial charge in [-0.3, -0.25) is 4.90 Å². The van der Waals surface area contributed by atoms with Gasteiger partial charge in [0.15, 0.2) is 0 Å². The van der Waals surface area contributed by atoms with Crippen LogP contribution in [0, 0.1) is 17.3 Å². The van der Waals surface area contributed by atoms with Crippen molar-refractivity contribution in [2.75, 3.05) is 19.7 Å². The van der Waals surface area contributed by atoms with Crippen LogP contribution in [0.5, 0.6) is 0 Å². The molecule has 0 radical (unpaired) electrons. The fourth-order valence-corrected chi connectivity index (χ4v) is 4.13. The summed E-state index contributed by atoms with van der Waals surface area (Å²) in [6, 6.07) is -0.473. The van der Waals surface area contributed by atoms with Crippen LogP contribution in [0.3, 0.4) is 0 Å². The molecule has 1 aliphatic heterocycles. The number of aliphatic hydroxyl groups excluding tert-OH is 4. The third-order valence-corrected chi connectivity index (χ3v) is 5.78. The molecular formula is C17H33NO4. The molecule has 2 fully saturated rings. The molecule has 4 N–H and O–H groups in total. The standard InChI is InChI=1S/C17H33NO4/c1-17(2,3)12-6-4-11(5-7-12)8-18-9-14(20)16(22)15(21)13(18)10-19/h11-16,19-22H,4-10H2,1-3H3/t11-,12+,13-,14-,15+,16+/m0/s1. The summed E-state index contributed by atoms with van der Waals surface area (Å²) in [5.74, 6) is 1.30. The normalized spacial score (nSPS) is 41.6. The fourth-order valence-electron chi connectivity index (χ4n) is 4.13. The average molecular weight is 315 g/mol. The van der Waals surface area contributed by atoms with E-state index in [-0.39, 0.29) is 6.61 Å². The lowest BCUT2D eigenvalue weighted by molar-refractivity contribution is -0.148. The molecule has 1 saturated carbocycles. The van der Waals surface area contributed by atoms with Crippen LogP contribution in [0.25, 0.3) is 0 Å². The molecule has 0 amide bonds. The molecule has 0 spiro atoms. The molecule has 4 atom stereocenters. The molecule has 5 nitrogen and oxygen atoms in total. The van der Waals surface area contributed by atoms with E-state index in [2.05, 4.69) is 20.8 Å². The van der Waals surface area contributed by atoms with Crippen molar-refractivity contribution in [1.82, 2.24) is 4.90 Å². The summed E-state index contributed by atoms with van der Waals surface area (Å²) in [6.07, 6.45) is 1.57. The predicted molar refractivity (Wildman–Crippen MR) is 85.4 cm³/mol. The lowest BCUT2D eigenvalue weighted by Crippen LogP contribution is -2.63. The average Bonchev–Trinajstić information content (AvgIpc) is 2.45. The highest BCUT2D eigenvalue weighted by molar-refractivity contribution is 4.95. The molecular weight excluding hydrogens is 282 g/mol. The van der Waals surface area contributed by atoms with Crippen molar-refractivity contribution in [3.8, 4) is 0 Å². The first-order valence-electron chi connectivity index (χ1n) is 8.63. The van der Waals surface area contributed by atoms with Gasteiger partial charge in [-0.05, 0) is 42.9 Å². The van der Waals surface area contributed by atoms with Gasteiger partial charge in [0, 0.05) is 13.1 Å². The van der Waals surface area contributed by atoms with E-state index in [0.29, 0.717) is 17.9 Å². The Labute approximate surface area is 134 Å². The summed E-state index contributed by atoms with van der Waals surface area (Å²) >= 11 is 0. The summed E-state index contributed by atoms with van der Waals surface area (Å²) in [4.78, 5) is 1.96. The Morgan fingerprint density at radius 2 is 1.55 bits per heavy atom. The van der Waals surface area contributed by atoms with E-state index < -0.39 is 24.4 Å². The first-order valence-corrected chi connectivity index (χ1v) is 8.63. The number of hydrogen-bond donors (Lipinski definition) is 4. The van der Waals surface area contributed by atoms with Crippen molar-refractivity contribution in [2.24, 2.45) is 17.3 Å². The molecule has 1 heterocycles. The van der Waals surface area contributed by atoms with Crippen LogP contribution >= 0.6 is 0 Å². The lowest BCUT2D eigenvalue weighted by atomic mass is 9.69. The van der Waals surface area contributed by atoms with Crippen LogP contribution in [-0.4, -0.2) is 69.4 Å². The van der Waals surface area contributed by atoms with Crippen LogP contribution in [-0.2, 0) is 0 Å². The molecule has 0 aromatic rings. The summed E-state index contributed by atoms with van der Waals surface area (Å²) in [5, 5.41) is 39.2. The van der Waals surface area contributed by atoms with Crippen LogP contribution in [0.4, 0.5) is 0 Å². The SMILES string of the molecule is CC(C)(C)[C@H]1CC[C@@H](CN2C[C@H](O)[C@@H](O)[C@H](O)[C@@H]2CO)CC1. The number of piperidine rings is 1. The zero-order chi connectivity index (χ0) is 16.5. The topological polar surface area (TPSA) is 84.2 Å². The van der Waals surface area contributed by atoms with E-state index >= 15 is 0 Å². The van der Waals surface area contributed by atoms with Crippen LogP contribution in [0.2, 0.25) is 0 Å². The maximum Gasteiger partial charge on any atom is 0.109 e. The van der Waals surface area contributed by atoms with Gasteiger partial charge < -0.3 is 20.4 Å². The quantitative estimate of drug-likeness (QED) is 0.613. The second-order valence-corrected chi connectivity index (χ2v) is 8.34. The number of likely N-dealkylation sites (tertiary alicyclic amines) is 1. The lowest BCUT2D eigenvalue weighted by Gasteiger charge is -2.45.